The van der Waals surface area contributed by atoms with Crippen molar-refractivity contribution in [1.29, 1.82) is 0 Å². The molecule has 5 heteroatoms. The Morgan fingerprint density at radius 2 is 2.00 bits per heavy atom. The number of aromatic nitrogens is 1. The second-order valence-electron chi connectivity index (χ2n) is 5.73. The number of anilines is 1. The van der Waals surface area contributed by atoms with E-state index in [1.807, 2.05) is 37.3 Å². The number of aryl methyl sites for hydroxylation is 2. The molecule has 0 aliphatic carbocycles. The maximum Gasteiger partial charge on any atom is 0.230 e. The number of nitrogens with zero attached hydrogens (tertiary/aromatic N) is 1. The monoisotopic (exact) mass is 340 g/mol. The van der Waals surface area contributed by atoms with Crippen LogP contribution in [0.4, 0.5) is 5.13 Å². The van der Waals surface area contributed by atoms with Crippen LogP contribution in [0.25, 0.3) is 10.2 Å². The van der Waals surface area contributed by atoms with Gasteiger partial charge in [0.1, 0.15) is 5.75 Å². The maximum absolute atomic E-state index is 12.3. The molecule has 0 bridgehead atoms. The third-order valence-electron chi connectivity index (χ3n) is 3.85. The predicted octanol–water partition coefficient (Wildman–Crippen LogP) is 4.49. The Morgan fingerprint density at radius 3 is 2.75 bits per heavy atom. The Balaban J connectivity index is 1.71. The van der Waals surface area contributed by atoms with Crippen LogP contribution >= 0.6 is 11.3 Å². The van der Waals surface area contributed by atoms with Gasteiger partial charge in [0.2, 0.25) is 5.91 Å². The molecule has 3 rings (SSSR count). The summed E-state index contributed by atoms with van der Waals surface area (Å²) in [5.74, 6) is 0.768. The van der Waals surface area contributed by atoms with E-state index in [2.05, 4.69) is 30.2 Å². The SMILES string of the molecule is CCOc1ccc2nc(NC(=O)Cc3ccc(C)c(C)c3)sc2c1. The first-order valence-corrected chi connectivity index (χ1v) is 8.76. The molecule has 0 atom stereocenters. The van der Waals surface area contributed by atoms with Crippen molar-refractivity contribution < 1.29 is 9.53 Å². The van der Waals surface area contributed by atoms with Gasteiger partial charge in [0, 0.05) is 0 Å². The second-order valence-corrected chi connectivity index (χ2v) is 6.76. The summed E-state index contributed by atoms with van der Waals surface area (Å²) >= 11 is 1.46. The molecule has 0 saturated heterocycles. The van der Waals surface area contributed by atoms with Gasteiger partial charge in [-0.2, -0.15) is 0 Å². The van der Waals surface area contributed by atoms with Crippen molar-refractivity contribution in [3.05, 3.63) is 53.1 Å². The molecule has 0 aliphatic rings. The lowest BCUT2D eigenvalue weighted by molar-refractivity contribution is -0.115. The molecule has 1 N–H and O–H groups in total. The fourth-order valence-corrected chi connectivity index (χ4v) is 3.39. The number of hydrogen-bond donors (Lipinski definition) is 1. The van der Waals surface area contributed by atoms with Crippen LogP contribution in [0.2, 0.25) is 0 Å². The Labute approximate surface area is 145 Å². The average molecular weight is 340 g/mol. The molecule has 0 radical (unpaired) electrons. The number of carbonyl (C=O) groups is 1. The molecular formula is C19H20N2O2S. The topological polar surface area (TPSA) is 51.2 Å². The second kappa shape index (κ2) is 7.01. The van der Waals surface area contributed by atoms with Crippen LogP contribution in [0, 0.1) is 13.8 Å². The van der Waals surface area contributed by atoms with E-state index in [1.165, 1.54) is 22.5 Å². The molecule has 4 nitrogen and oxygen atoms in total. The third-order valence-corrected chi connectivity index (χ3v) is 4.79. The van der Waals surface area contributed by atoms with Gasteiger partial charge in [-0.05, 0) is 55.7 Å². The normalized spacial score (nSPS) is 10.8. The maximum atomic E-state index is 12.3. The number of amides is 1. The highest BCUT2D eigenvalue weighted by molar-refractivity contribution is 7.22. The summed E-state index contributed by atoms with van der Waals surface area (Å²) < 4.78 is 6.50. The number of benzene rings is 2. The zero-order valence-corrected chi connectivity index (χ0v) is 14.9. The van der Waals surface area contributed by atoms with Crippen molar-refractivity contribution >= 4 is 32.6 Å². The van der Waals surface area contributed by atoms with Crippen LogP contribution < -0.4 is 10.1 Å². The molecule has 124 valence electrons. The van der Waals surface area contributed by atoms with Crippen LogP contribution in [-0.2, 0) is 11.2 Å². The molecule has 0 saturated carbocycles. The van der Waals surface area contributed by atoms with Gasteiger partial charge >= 0.3 is 0 Å². The van der Waals surface area contributed by atoms with Gasteiger partial charge < -0.3 is 10.1 Å². The van der Waals surface area contributed by atoms with E-state index in [9.17, 15) is 4.79 Å². The van der Waals surface area contributed by atoms with Crippen LogP contribution in [0.15, 0.2) is 36.4 Å². The highest BCUT2D eigenvalue weighted by atomic mass is 32.1. The minimum absolute atomic E-state index is 0.0534. The molecule has 2 aromatic carbocycles. The summed E-state index contributed by atoms with van der Waals surface area (Å²) in [5, 5.41) is 3.51. The number of fused-ring (bicyclic) bond motifs is 1. The lowest BCUT2D eigenvalue weighted by atomic mass is 10.0. The molecule has 0 aliphatic heterocycles. The van der Waals surface area contributed by atoms with Crippen LogP contribution in [0.3, 0.4) is 0 Å². The molecular weight excluding hydrogens is 320 g/mol. The lowest BCUT2D eigenvalue weighted by Crippen LogP contribution is -2.14. The summed E-state index contributed by atoms with van der Waals surface area (Å²) in [6.45, 7) is 6.70. The van der Waals surface area contributed by atoms with Gasteiger partial charge in [-0.1, -0.05) is 29.5 Å². The number of rotatable bonds is 5. The Hall–Kier alpha value is -2.40. The fraction of sp³-hybridized carbons (Fsp3) is 0.263. The Kier molecular flexibility index (Phi) is 4.81. The highest BCUT2D eigenvalue weighted by Crippen LogP contribution is 2.29. The molecule has 1 amide bonds. The average Bonchev–Trinajstić information content (AvgIpc) is 2.92. The van der Waals surface area contributed by atoms with E-state index in [1.54, 1.807) is 0 Å². The number of carbonyl (C=O) groups excluding carboxylic acids is 1. The van der Waals surface area contributed by atoms with Crippen molar-refractivity contribution in [2.45, 2.75) is 27.2 Å². The van der Waals surface area contributed by atoms with Crippen LogP contribution in [-0.4, -0.2) is 17.5 Å². The Morgan fingerprint density at radius 1 is 1.17 bits per heavy atom. The quantitative estimate of drug-likeness (QED) is 0.744. The van der Waals surface area contributed by atoms with E-state index < -0.39 is 0 Å². The standard InChI is InChI=1S/C19H20N2O2S/c1-4-23-15-7-8-16-17(11-15)24-19(20-16)21-18(22)10-14-6-5-12(2)13(3)9-14/h5-9,11H,4,10H2,1-3H3,(H,20,21,22). The van der Waals surface area contributed by atoms with Gasteiger partial charge in [-0.15, -0.1) is 0 Å². The molecule has 1 aromatic heterocycles. The fourth-order valence-electron chi connectivity index (χ4n) is 2.48. The van der Waals surface area contributed by atoms with Crippen molar-refractivity contribution in [1.82, 2.24) is 4.98 Å². The van der Waals surface area contributed by atoms with E-state index in [-0.39, 0.29) is 5.91 Å². The van der Waals surface area contributed by atoms with Gasteiger partial charge in [0.25, 0.3) is 0 Å². The molecule has 0 unspecified atom stereocenters. The third kappa shape index (κ3) is 3.74. The van der Waals surface area contributed by atoms with E-state index >= 15 is 0 Å². The van der Waals surface area contributed by atoms with Gasteiger partial charge in [-0.3, -0.25) is 4.79 Å². The predicted molar refractivity (Wildman–Crippen MR) is 99.0 cm³/mol. The summed E-state index contributed by atoms with van der Waals surface area (Å²) in [5.41, 5.74) is 4.31. The first-order chi connectivity index (χ1) is 11.5. The molecule has 0 fully saturated rings. The zero-order valence-electron chi connectivity index (χ0n) is 14.1. The smallest absolute Gasteiger partial charge is 0.230 e. The minimum atomic E-state index is -0.0534. The zero-order chi connectivity index (χ0) is 17.1. The van der Waals surface area contributed by atoms with Crippen LogP contribution in [0.5, 0.6) is 5.75 Å². The van der Waals surface area contributed by atoms with Crippen molar-refractivity contribution in [2.24, 2.45) is 0 Å². The first-order valence-electron chi connectivity index (χ1n) is 7.94. The number of thiazole rings is 1. The summed E-state index contributed by atoms with van der Waals surface area (Å²) in [7, 11) is 0. The number of ether oxygens (including phenoxy) is 1. The van der Waals surface area contributed by atoms with Crippen LogP contribution in [0.1, 0.15) is 23.6 Å². The van der Waals surface area contributed by atoms with Crippen molar-refractivity contribution in [3.8, 4) is 5.75 Å². The van der Waals surface area contributed by atoms with Crippen molar-refractivity contribution in [2.75, 3.05) is 11.9 Å². The van der Waals surface area contributed by atoms with Gasteiger partial charge in [-0.25, -0.2) is 4.98 Å². The largest absolute Gasteiger partial charge is 0.494 e. The lowest BCUT2D eigenvalue weighted by Gasteiger charge is -2.05. The summed E-state index contributed by atoms with van der Waals surface area (Å²) in [6.07, 6.45) is 0.348. The summed E-state index contributed by atoms with van der Waals surface area (Å²) in [4.78, 5) is 16.7. The molecule has 24 heavy (non-hydrogen) atoms. The van der Waals surface area contributed by atoms with E-state index in [0.29, 0.717) is 18.2 Å². The molecule has 0 spiro atoms. The van der Waals surface area contributed by atoms with Gasteiger partial charge in [0.15, 0.2) is 5.13 Å². The number of nitrogens with one attached hydrogen (secondary N) is 1. The summed E-state index contributed by atoms with van der Waals surface area (Å²) in [6, 6.07) is 11.9. The number of hydrogen-bond acceptors (Lipinski definition) is 4. The molecule has 1 heterocycles. The minimum Gasteiger partial charge on any atom is -0.494 e. The van der Waals surface area contributed by atoms with Gasteiger partial charge in [0.05, 0.1) is 23.2 Å². The van der Waals surface area contributed by atoms with E-state index in [0.717, 1.165) is 21.5 Å². The molecule has 3 aromatic rings. The van der Waals surface area contributed by atoms with Crippen molar-refractivity contribution in [3.63, 3.8) is 0 Å². The van der Waals surface area contributed by atoms with E-state index in [4.69, 9.17) is 4.74 Å². The Bertz CT molecular complexity index is 886. The first kappa shape index (κ1) is 16.5. The highest BCUT2D eigenvalue weighted by Gasteiger charge is 2.10.